The lowest BCUT2D eigenvalue weighted by Crippen LogP contribution is -2.40. The van der Waals surface area contributed by atoms with Crippen molar-refractivity contribution in [1.82, 2.24) is 0 Å². The highest BCUT2D eigenvalue weighted by molar-refractivity contribution is 6.70. The van der Waals surface area contributed by atoms with E-state index in [1.165, 1.54) is 0 Å². The molecule has 5 heteroatoms. The van der Waals surface area contributed by atoms with Crippen LogP contribution in [0, 0.1) is 6.04 Å². The van der Waals surface area contributed by atoms with E-state index in [1.807, 2.05) is 6.92 Å². The van der Waals surface area contributed by atoms with Crippen LogP contribution in [0.3, 0.4) is 0 Å². The summed E-state index contributed by atoms with van der Waals surface area (Å²) in [7, 11) is 1.20. The predicted molar refractivity (Wildman–Crippen MR) is 65.2 cm³/mol. The van der Waals surface area contributed by atoms with Crippen LogP contribution in [0.2, 0.25) is 6.04 Å². The Bertz CT molecular complexity index is 238. The van der Waals surface area contributed by atoms with E-state index in [0.717, 1.165) is 12.5 Å². The van der Waals surface area contributed by atoms with Crippen molar-refractivity contribution in [3.8, 4) is 0 Å². The Morgan fingerprint density at radius 2 is 1.88 bits per heavy atom. The minimum atomic E-state index is -2.12. The molecule has 1 radical (unpaired) electrons. The standard InChI is InChI=1S/C11H21O4Si/c1-5-16(14-3,15-4)9-7-6-8-10(2)11(12)13/h8-9H,5-7H2,1-4H3,(H,12,13). The van der Waals surface area contributed by atoms with Gasteiger partial charge in [-0.3, -0.25) is 0 Å². The molecular formula is C11H21O4Si. The molecule has 0 heterocycles. The van der Waals surface area contributed by atoms with Gasteiger partial charge in [0.25, 0.3) is 0 Å². The molecule has 0 unspecified atom stereocenters. The van der Waals surface area contributed by atoms with Crippen molar-refractivity contribution in [2.45, 2.75) is 32.7 Å². The molecule has 0 rings (SSSR count). The summed E-state index contributed by atoms with van der Waals surface area (Å²) in [4.78, 5) is 10.5. The van der Waals surface area contributed by atoms with Gasteiger partial charge in [0, 0.05) is 25.8 Å². The van der Waals surface area contributed by atoms with Gasteiger partial charge in [-0.2, -0.15) is 0 Å². The maximum atomic E-state index is 10.5. The van der Waals surface area contributed by atoms with Gasteiger partial charge >= 0.3 is 14.5 Å². The monoisotopic (exact) mass is 245 g/mol. The molecule has 0 spiro atoms. The van der Waals surface area contributed by atoms with Crippen LogP contribution in [0.25, 0.3) is 0 Å². The number of rotatable bonds is 8. The third-order valence-electron chi connectivity index (χ3n) is 2.59. The van der Waals surface area contributed by atoms with Crippen LogP contribution >= 0.6 is 0 Å². The van der Waals surface area contributed by atoms with Crippen molar-refractivity contribution in [2.24, 2.45) is 0 Å². The van der Waals surface area contributed by atoms with Crippen LogP contribution in [0.5, 0.6) is 0 Å². The summed E-state index contributed by atoms with van der Waals surface area (Å²) in [6.07, 6.45) is 3.21. The van der Waals surface area contributed by atoms with Gasteiger partial charge in [-0.25, -0.2) is 4.79 Å². The molecule has 0 saturated carbocycles. The van der Waals surface area contributed by atoms with Gasteiger partial charge in [-0.1, -0.05) is 13.0 Å². The summed E-state index contributed by atoms with van der Waals surface area (Å²) in [5.74, 6) is -0.863. The minimum absolute atomic E-state index is 0.381. The molecule has 0 saturated heterocycles. The van der Waals surface area contributed by atoms with Gasteiger partial charge in [0.15, 0.2) is 0 Å². The fourth-order valence-corrected chi connectivity index (χ4v) is 3.35. The largest absolute Gasteiger partial charge is 0.478 e. The van der Waals surface area contributed by atoms with E-state index >= 15 is 0 Å². The van der Waals surface area contributed by atoms with E-state index in [4.69, 9.17) is 14.0 Å². The number of unbranched alkanes of at least 4 members (excludes halogenated alkanes) is 1. The number of aliphatic carboxylic acids is 1. The Hall–Kier alpha value is -0.653. The first-order valence-electron chi connectivity index (χ1n) is 5.36. The van der Waals surface area contributed by atoms with Crippen LogP contribution < -0.4 is 0 Å². The van der Waals surface area contributed by atoms with Crippen molar-refractivity contribution in [1.29, 1.82) is 0 Å². The molecule has 0 aliphatic rings. The second-order valence-corrected chi connectivity index (χ2v) is 7.10. The van der Waals surface area contributed by atoms with Gasteiger partial charge in [0.2, 0.25) is 0 Å². The fourth-order valence-electron chi connectivity index (χ4n) is 1.37. The van der Waals surface area contributed by atoms with Crippen molar-refractivity contribution < 1.29 is 18.8 Å². The Kier molecular flexibility index (Phi) is 7.28. The molecule has 4 nitrogen and oxygen atoms in total. The van der Waals surface area contributed by atoms with Crippen LogP contribution in [0.4, 0.5) is 0 Å². The third kappa shape index (κ3) is 4.91. The molecule has 0 fully saturated rings. The molecule has 0 amide bonds. The van der Waals surface area contributed by atoms with Crippen molar-refractivity contribution in [3.63, 3.8) is 0 Å². The molecule has 0 atom stereocenters. The van der Waals surface area contributed by atoms with Crippen molar-refractivity contribution >= 4 is 14.5 Å². The summed E-state index contributed by atoms with van der Waals surface area (Å²) in [6.45, 7) is 3.63. The van der Waals surface area contributed by atoms with Crippen LogP contribution in [0.15, 0.2) is 11.6 Å². The molecule has 0 aromatic rings. The van der Waals surface area contributed by atoms with E-state index in [-0.39, 0.29) is 0 Å². The highest BCUT2D eigenvalue weighted by Gasteiger charge is 2.32. The number of carbonyl (C=O) groups is 1. The van der Waals surface area contributed by atoms with Crippen molar-refractivity contribution in [2.75, 3.05) is 14.2 Å². The Morgan fingerprint density at radius 3 is 2.25 bits per heavy atom. The van der Waals surface area contributed by atoms with Gasteiger partial charge in [0.1, 0.15) is 0 Å². The van der Waals surface area contributed by atoms with Gasteiger partial charge < -0.3 is 14.0 Å². The molecular weight excluding hydrogens is 224 g/mol. The van der Waals surface area contributed by atoms with Gasteiger partial charge in [-0.15, -0.1) is 0 Å². The number of allylic oxidation sites excluding steroid dienone is 1. The molecule has 0 aromatic carbocycles. The molecule has 0 aliphatic carbocycles. The van der Waals surface area contributed by atoms with Crippen LogP contribution in [-0.4, -0.2) is 33.9 Å². The highest BCUT2D eigenvalue weighted by Crippen LogP contribution is 2.18. The Morgan fingerprint density at radius 1 is 1.31 bits per heavy atom. The SMILES string of the molecule is CC[Si]([CH]CCC=C(C)C(=O)O)(OC)OC. The lowest BCUT2D eigenvalue weighted by atomic mass is 10.2. The summed E-state index contributed by atoms with van der Waals surface area (Å²) in [5.41, 5.74) is 0.381. The molecule has 93 valence electrons. The molecule has 0 aromatic heterocycles. The first-order chi connectivity index (χ1) is 7.51. The maximum Gasteiger partial charge on any atom is 0.340 e. The van der Waals surface area contributed by atoms with Crippen molar-refractivity contribution in [3.05, 3.63) is 17.7 Å². The average molecular weight is 245 g/mol. The zero-order chi connectivity index (χ0) is 12.6. The molecule has 16 heavy (non-hydrogen) atoms. The number of carboxylic acid groups (broad SMARTS) is 1. The first-order valence-corrected chi connectivity index (χ1v) is 7.46. The molecule has 0 aliphatic heterocycles. The second kappa shape index (κ2) is 7.59. The average Bonchev–Trinajstić information content (AvgIpc) is 2.30. The van der Waals surface area contributed by atoms with E-state index in [1.54, 1.807) is 27.2 Å². The summed E-state index contributed by atoms with van der Waals surface area (Å²) in [6, 6.07) is 2.93. The second-order valence-electron chi connectivity index (χ2n) is 3.55. The third-order valence-corrected chi connectivity index (χ3v) is 5.87. The van der Waals surface area contributed by atoms with E-state index < -0.39 is 14.5 Å². The predicted octanol–water partition coefficient (Wildman–Crippen LogP) is 2.30. The van der Waals surface area contributed by atoms with E-state index in [0.29, 0.717) is 12.0 Å². The smallest absolute Gasteiger partial charge is 0.340 e. The number of hydrogen-bond donors (Lipinski definition) is 1. The van der Waals surface area contributed by atoms with Gasteiger partial charge in [0.05, 0.1) is 0 Å². The normalized spacial score (nSPS) is 12.9. The van der Waals surface area contributed by atoms with Crippen LogP contribution in [0.1, 0.15) is 26.7 Å². The lowest BCUT2D eigenvalue weighted by molar-refractivity contribution is -0.132. The summed E-state index contributed by atoms with van der Waals surface area (Å²) >= 11 is 0. The Balaban J connectivity index is 4.06. The quantitative estimate of drug-likeness (QED) is 0.405. The number of carboxylic acids is 1. The zero-order valence-corrected chi connectivity index (χ0v) is 11.4. The molecule has 1 N–H and O–H groups in total. The highest BCUT2D eigenvalue weighted by atomic mass is 28.4. The van der Waals surface area contributed by atoms with E-state index in [2.05, 4.69) is 6.04 Å². The van der Waals surface area contributed by atoms with E-state index in [9.17, 15) is 4.79 Å². The molecule has 0 bridgehead atoms. The maximum absolute atomic E-state index is 10.5. The van der Waals surface area contributed by atoms with Crippen LogP contribution in [-0.2, 0) is 13.6 Å². The Labute approximate surface area is 98.5 Å². The minimum Gasteiger partial charge on any atom is -0.478 e. The lowest BCUT2D eigenvalue weighted by Gasteiger charge is -2.25. The summed E-state index contributed by atoms with van der Waals surface area (Å²) in [5, 5.41) is 8.66. The zero-order valence-electron chi connectivity index (χ0n) is 10.4. The first kappa shape index (κ1) is 15.3. The number of hydrogen-bond acceptors (Lipinski definition) is 3. The van der Waals surface area contributed by atoms with Gasteiger partial charge in [-0.05, 0) is 25.8 Å². The topological polar surface area (TPSA) is 55.8 Å². The summed E-state index contributed by atoms with van der Waals surface area (Å²) < 4.78 is 10.8. The fraction of sp³-hybridized carbons (Fsp3) is 0.636.